The van der Waals surface area contributed by atoms with Gasteiger partial charge in [0, 0.05) is 32.0 Å². The first-order valence-corrected chi connectivity index (χ1v) is 9.97. The number of nitrogens with one attached hydrogen (secondary N) is 1. The lowest BCUT2D eigenvalue weighted by Gasteiger charge is -2.29. The Kier molecular flexibility index (Phi) is 6.51. The first-order chi connectivity index (χ1) is 14.8. The smallest absolute Gasteiger partial charge is 0.255 e. The van der Waals surface area contributed by atoms with Crippen molar-refractivity contribution in [2.75, 3.05) is 31.2 Å². The van der Waals surface area contributed by atoms with Gasteiger partial charge in [-0.3, -0.25) is 9.78 Å². The van der Waals surface area contributed by atoms with E-state index in [1.54, 1.807) is 24.5 Å². The molecule has 30 heavy (non-hydrogen) atoms. The Bertz CT molecular complexity index is 975. The molecule has 3 aromatic rings. The van der Waals surface area contributed by atoms with Crippen LogP contribution in [0.1, 0.15) is 21.6 Å². The van der Waals surface area contributed by atoms with Crippen LogP contribution in [0, 0.1) is 0 Å². The third-order valence-electron chi connectivity index (χ3n) is 4.81. The van der Waals surface area contributed by atoms with E-state index in [1.807, 2.05) is 42.5 Å². The number of ether oxygens (including phenoxy) is 2. The van der Waals surface area contributed by atoms with Gasteiger partial charge in [0.1, 0.15) is 18.2 Å². The molecule has 7 nitrogen and oxygen atoms in total. The molecule has 0 bridgehead atoms. The minimum absolute atomic E-state index is 0.149. The lowest BCUT2D eigenvalue weighted by Crippen LogP contribution is -2.38. The van der Waals surface area contributed by atoms with Crippen LogP contribution in [0.2, 0.25) is 0 Å². The molecule has 0 saturated carbocycles. The van der Waals surface area contributed by atoms with E-state index in [0.717, 1.165) is 30.1 Å². The highest BCUT2D eigenvalue weighted by atomic mass is 16.5. The van der Waals surface area contributed by atoms with Crippen molar-refractivity contribution < 1.29 is 14.3 Å². The molecular formula is C23H24N4O3. The summed E-state index contributed by atoms with van der Waals surface area (Å²) < 4.78 is 11.2. The summed E-state index contributed by atoms with van der Waals surface area (Å²) in [5.41, 5.74) is 2.39. The van der Waals surface area contributed by atoms with Gasteiger partial charge in [0.2, 0.25) is 0 Å². The monoisotopic (exact) mass is 404 g/mol. The number of morpholine rings is 1. The summed E-state index contributed by atoms with van der Waals surface area (Å²) in [5.74, 6) is 1.29. The van der Waals surface area contributed by atoms with Gasteiger partial charge in [-0.25, -0.2) is 4.98 Å². The number of rotatable bonds is 7. The largest absolute Gasteiger partial charge is 0.487 e. The van der Waals surface area contributed by atoms with Crippen LogP contribution in [0.4, 0.5) is 5.82 Å². The van der Waals surface area contributed by atoms with Gasteiger partial charge < -0.3 is 19.7 Å². The molecule has 1 saturated heterocycles. The van der Waals surface area contributed by atoms with Crippen LogP contribution < -0.4 is 15.0 Å². The second-order valence-electron chi connectivity index (χ2n) is 6.91. The number of benzene rings is 1. The van der Waals surface area contributed by atoms with Gasteiger partial charge in [0.25, 0.3) is 5.91 Å². The zero-order valence-electron chi connectivity index (χ0n) is 16.7. The zero-order chi connectivity index (χ0) is 20.6. The maximum atomic E-state index is 12.8. The molecule has 154 valence electrons. The molecule has 7 heteroatoms. The van der Waals surface area contributed by atoms with Crippen molar-refractivity contribution in [3.05, 3.63) is 83.8 Å². The molecule has 2 aromatic heterocycles. The van der Waals surface area contributed by atoms with E-state index in [1.165, 1.54) is 0 Å². The Morgan fingerprint density at radius 1 is 1.03 bits per heavy atom. The molecule has 0 unspecified atom stereocenters. The van der Waals surface area contributed by atoms with Crippen LogP contribution in [-0.2, 0) is 17.9 Å². The summed E-state index contributed by atoms with van der Waals surface area (Å²) in [4.78, 5) is 23.6. The van der Waals surface area contributed by atoms with Crippen molar-refractivity contribution in [3.8, 4) is 5.75 Å². The Morgan fingerprint density at radius 2 is 1.90 bits per heavy atom. The highest BCUT2D eigenvalue weighted by molar-refractivity contribution is 5.98. The molecule has 1 fully saturated rings. The van der Waals surface area contributed by atoms with Gasteiger partial charge in [0.05, 0.1) is 24.5 Å². The van der Waals surface area contributed by atoms with Crippen molar-refractivity contribution in [1.29, 1.82) is 0 Å². The number of hydrogen-bond donors (Lipinski definition) is 1. The fraction of sp³-hybridized carbons (Fsp3) is 0.261. The van der Waals surface area contributed by atoms with E-state index in [2.05, 4.69) is 20.2 Å². The van der Waals surface area contributed by atoms with Gasteiger partial charge in [0.15, 0.2) is 0 Å². The van der Waals surface area contributed by atoms with Crippen LogP contribution in [0.25, 0.3) is 0 Å². The van der Waals surface area contributed by atoms with Crippen molar-refractivity contribution in [1.82, 2.24) is 15.3 Å². The SMILES string of the molecule is O=C(NCc1cccc(OCc2ccccn2)c1)c1cccnc1N1CCOCC1. The number of anilines is 1. The quantitative estimate of drug-likeness (QED) is 0.653. The van der Waals surface area contributed by atoms with Gasteiger partial charge in [-0.1, -0.05) is 18.2 Å². The molecule has 0 atom stereocenters. The fourth-order valence-electron chi connectivity index (χ4n) is 3.26. The molecule has 1 amide bonds. The number of carbonyl (C=O) groups excluding carboxylic acids is 1. The topological polar surface area (TPSA) is 76.6 Å². The number of amides is 1. The number of nitrogens with zero attached hydrogens (tertiary/aromatic N) is 3. The van der Waals surface area contributed by atoms with Crippen LogP contribution in [0.15, 0.2) is 67.0 Å². The Labute approximate surface area is 175 Å². The zero-order valence-corrected chi connectivity index (χ0v) is 16.7. The second kappa shape index (κ2) is 9.84. The van der Waals surface area contributed by atoms with Crippen molar-refractivity contribution in [2.24, 2.45) is 0 Å². The molecule has 3 heterocycles. The lowest BCUT2D eigenvalue weighted by atomic mass is 10.2. The maximum absolute atomic E-state index is 12.8. The summed E-state index contributed by atoms with van der Waals surface area (Å²) >= 11 is 0. The highest BCUT2D eigenvalue weighted by Crippen LogP contribution is 2.19. The van der Waals surface area contributed by atoms with E-state index < -0.39 is 0 Å². The predicted octanol–water partition coefficient (Wildman–Crippen LogP) is 2.82. The number of hydrogen-bond acceptors (Lipinski definition) is 6. The molecule has 1 aromatic carbocycles. The molecular weight excluding hydrogens is 380 g/mol. The average molecular weight is 404 g/mol. The van der Waals surface area contributed by atoms with E-state index in [4.69, 9.17) is 9.47 Å². The summed E-state index contributed by atoms with van der Waals surface area (Å²) in [6.45, 7) is 3.54. The van der Waals surface area contributed by atoms with E-state index in [0.29, 0.717) is 37.7 Å². The van der Waals surface area contributed by atoms with Gasteiger partial charge in [-0.15, -0.1) is 0 Å². The van der Waals surface area contributed by atoms with E-state index in [-0.39, 0.29) is 5.91 Å². The summed E-state index contributed by atoms with van der Waals surface area (Å²) in [6.07, 6.45) is 3.46. The number of aromatic nitrogens is 2. The average Bonchev–Trinajstić information content (AvgIpc) is 2.83. The summed E-state index contributed by atoms with van der Waals surface area (Å²) in [5, 5.41) is 2.99. The minimum Gasteiger partial charge on any atom is -0.487 e. The Hall–Kier alpha value is -3.45. The fourth-order valence-corrected chi connectivity index (χ4v) is 3.26. The molecule has 1 aliphatic rings. The standard InChI is InChI=1S/C23H24N4O3/c28-23(21-8-4-10-25-22(21)27-11-13-29-14-12-27)26-16-18-5-3-7-20(15-18)30-17-19-6-1-2-9-24-19/h1-10,15H,11-14,16-17H2,(H,26,28). The first-order valence-electron chi connectivity index (χ1n) is 9.97. The normalized spacial score (nSPS) is 13.7. The minimum atomic E-state index is -0.149. The van der Waals surface area contributed by atoms with E-state index >= 15 is 0 Å². The lowest BCUT2D eigenvalue weighted by molar-refractivity contribution is 0.0949. The van der Waals surface area contributed by atoms with Crippen molar-refractivity contribution >= 4 is 11.7 Å². The molecule has 0 radical (unpaired) electrons. The molecule has 1 aliphatic heterocycles. The Morgan fingerprint density at radius 3 is 2.73 bits per heavy atom. The first kappa shape index (κ1) is 19.8. The summed E-state index contributed by atoms with van der Waals surface area (Å²) in [7, 11) is 0. The van der Waals surface area contributed by atoms with Crippen molar-refractivity contribution in [2.45, 2.75) is 13.2 Å². The van der Waals surface area contributed by atoms with Gasteiger partial charge in [-0.2, -0.15) is 0 Å². The van der Waals surface area contributed by atoms with Crippen LogP contribution >= 0.6 is 0 Å². The Balaban J connectivity index is 1.37. The van der Waals surface area contributed by atoms with Crippen LogP contribution in [0.5, 0.6) is 5.75 Å². The third kappa shape index (κ3) is 5.12. The molecule has 0 aliphatic carbocycles. The highest BCUT2D eigenvalue weighted by Gasteiger charge is 2.19. The predicted molar refractivity (Wildman–Crippen MR) is 113 cm³/mol. The van der Waals surface area contributed by atoms with Gasteiger partial charge >= 0.3 is 0 Å². The van der Waals surface area contributed by atoms with Crippen LogP contribution in [-0.4, -0.2) is 42.2 Å². The number of carbonyl (C=O) groups is 1. The maximum Gasteiger partial charge on any atom is 0.255 e. The van der Waals surface area contributed by atoms with Crippen LogP contribution in [0.3, 0.4) is 0 Å². The van der Waals surface area contributed by atoms with E-state index in [9.17, 15) is 4.79 Å². The van der Waals surface area contributed by atoms with Crippen molar-refractivity contribution in [3.63, 3.8) is 0 Å². The van der Waals surface area contributed by atoms with Gasteiger partial charge in [-0.05, 0) is 42.0 Å². The molecule has 4 rings (SSSR count). The third-order valence-corrected chi connectivity index (χ3v) is 4.81. The number of pyridine rings is 2. The summed E-state index contributed by atoms with van der Waals surface area (Å²) in [6, 6.07) is 17.0. The molecule has 0 spiro atoms. The molecule has 1 N–H and O–H groups in total. The second-order valence-corrected chi connectivity index (χ2v) is 6.91.